The molecule has 0 radical (unpaired) electrons. The highest BCUT2D eigenvalue weighted by molar-refractivity contribution is 5.40. The van der Waals surface area contributed by atoms with Crippen molar-refractivity contribution in [1.82, 2.24) is 0 Å². The van der Waals surface area contributed by atoms with E-state index in [0.717, 1.165) is 30.3 Å². The maximum Gasteiger partial charge on any atom is 0.122 e. The van der Waals surface area contributed by atoms with E-state index in [4.69, 9.17) is 4.74 Å². The molecule has 1 aliphatic heterocycles. The quantitative estimate of drug-likeness (QED) is 0.889. The molecule has 1 atom stereocenters. The second-order valence-corrected chi connectivity index (χ2v) is 6.48. The van der Waals surface area contributed by atoms with Gasteiger partial charge < -0.3 is 9.84 Å². The fraction of sp³-hybridized carbons (Fsp3) is 0.667. The minimum atomic E-state index is -0.288. The van der Waals surface area contributed by atoms with Crippen LogP contribution < -0.4 is 4.74 Å². The third-order valence-corrected chi connectivity index (χ3v) is 5.09. The largest absolute Gasteiger partial charge is 0.493 e. The lowest BCUT2D eigenvalue weighted by Crippen LogP contribution is -2.20. The van der Waals surface area contributed by atoms with E-state index in [1.807, 2.05) is 12.1 Å². The molecule has 2 aliphatic rings. The second kappa shape index (κ2) is 6.17. The molecule has 1 heterocycles. The summed E-state index contributed by atoms with van der Waals surface area (Å²) in [5, 5.41) is 10.7. The Kier molecular flexibility index (Phi) is 4.30. The van der Waals surface area contributed by atoms with Gasteiger partial charge in [-0.25, -0.2) is 0 Å². The van der Waals surface area contributed by atoms with E-state index in [-0.39, 0.29) is 6.10 Å². The molecule has 2 heteroatoms. The van der Waals surface area contributed by atoms with Gasteiger partial charge in [0.2, 0.25) is 0 Å². The fourth-order valence-corrected chi connectivity index (χ4v) is 3.86. The van der Waals surface area contributed by atoms with Gasteiger partial charge in [0.15, 0.2) is 0 Å². The molecule has 1 aromatic rings. The van der Waals surface area contributed by atoms with E-state index in [2.05, 4.69) is 13.0 Å². The van der Waals surface area contributed by atoms with Crippen LogP contribution in [-0.4, -0.2) is 11.7 Å². The lowest BCUT2D eigenvalue weighted by molar-refractivity contribution is 0.0722. The first-order chi connectivity index (χ1) is 9.78. The average molecular weight is 274 g/mol. The Labute approximate surface area is 122 Å². The van der Waals surface area contributed by atoms with Crippen molar-refractivity contribution in [3.8, 4) is 5.75 Å². The van der Waals surface area contributed by atoms with Crippen molar-refractivity contribution in [2.75, 3.05) is 6.61 Å². The van der Waals surface area contributed by atoms with Gasteiger partial charge in [-0.2, -0.15) is 0 Å². The molecule has 1 aromatic carbocycles. The molecule has 1 aliphatic carbocycles. The van der Waals surface area contributed by atoms with Gasteiger partial charge in [0.1, 0.15) is 5.75 Å². The molecule has 0 amide bonds. The van der Waals surface area contributed by atoms with Crippen LogP contribution in [0.15, 0.2) is 18.2 Å². The van der Waals surface area contributed by atoms with Crippen molar-refractivity contribution < 1.29 is 9.84 Å². The SMILES string of the molecule is CCCC1CCC(C(O)c2ccc3c(c2)CCO3)CC1. The summed E-state index contributed by atoms with van der Waals surface area (Å²) in [6.07, 6.45) is 8.30. The predicted octanol–water partition coefficient (Wildman–Crippen LogP) is 4.26. The maximum absolute atomic E-state index is 10.7. The summed E-state index contributed by atoms with van der Waals surface area (Å²) in [5.41, 5.74) is 2.36. The Morgan fingerprint density at radius 2 is 2.05 bits per heavy atom. The Bertz CT molecular complexity index is 447. The number of hydrogen-bond acceptors (Lipinski definition) is 2. The normalized spacial score (nSPS) is 26.9. The molecule has 20 heavy (non-hydrogen) atoms. The Morgan fingerprint density at radius 3 is 2.80 bits per heavy atom. The molecule has 0 spiro atoms. The fourth-order valence-electron chi connectivity index (χ4n) is 3.86. The highest BCUT2D eigenvalue weighted by Gasteiger charge is 2.27. The summed E-state index contributed by atoms with van der Waals surface area (Å²) in [7, 11) is 0. The monoisotopic (exact) mass is 274 g/mol. The van der Waals surface area contributed by atoms with Gasteiger partial charge in [0, 0.05) is 6.42 Å². The zero-order valence-corrected chi connectivity index (χ0v) is 12.5. The van der Waals surface area contributed by atoms with E-state index >= 15 is 0 Å². The first kappa shape index (κ1) is 13.9. The zero-order chi connectivity index (χ0) is 13.9. The van der Waals surface area contributed by atoms with Crippen molar-refractivity contribution in [3.05, 3.63) is 29.3 Å². The lowest BCUT2D eigenvalue weighted by Gasteiger charge is -2.31. The molecule has 0 saturated heterocycles. The van der Waals surface area contributed by atoms with Crippen molar-refractivity contribution in [1.29, 1.82) is 0 Å². The standard InChI is InChI=1S/C18H26O2/c1-2-3-13-4-6-14(7-5-13)18(19)16-8-9-17-15(12-16)10-11-20-17/h8-9,12-14,18-19H,2-7,10-11H2,1H3. The second-order valence-electron chi connectivity index (χ2n) is 6.48. The minimum Gasteiger partial charge on any atom is -0.493 e. The summed E-state index contributed by atoms with van der Waals surface area (Å²) < 4.78 is 5.54. The molecule has 0 aromatic heterocycles. The summed E-state index contributed by atoms with van der Waals surface area (Å²) in [6.45, 7) is 3.06. The molecule has 1 unspecified atom stereocenters. The predicted molar refractivity (Wildman–Crippen MR) is 81.0 cm³/mol. The van der Waals surface area contributed by atoms with E-state index in [9.17, 15) is 5.11 Å². The van der Waals surface area contributed by atoms with Crippen LogP contribution in [-0.2, 0) is 6.42 Å². The molecular weight excluding hydrogens is 248 g/mol. The molecule has 3 rings (SSSR count). The van der Waals surface area contributed by atoms with Gasteiger partial charge in [-0.3, -0.25) is 0 Å². The van der Waals surface area contributed by atoms with E-state index in [1.54, 1.807) is 0 Å². The smallest absolute Gasteiger partial charge is 0.122 e. The number of fused-ring (bicyclic) bond motifs is 1. The summed E-state index contributed by atoms with van der Waals surface area (Å²) >= 11 is 0. The first-order valence-corrected chi connectivity index (χ1v) is 8.21. The van der Waals surface area contributed by atoms with Gasteiger partial charge in [-0.05, 0) is 47.9 Å². The van der Waals surface area contributed by atoms with Crippen molar-refractivity contribution in [3.63, 3.8) is 0 Å². The maximum atomic E-state index is 10.7. The number of aliphatic hydroxyl groups excluding tert-OH is 1. The minimum absolute atomic E-state index is 0.288. The van der Waals surface area contributed by atoms with Crippen LogP contribution in [0.1, 0.15) is 62.7 Å². The van der Waals surface area contributed by atoms with E-state index < -0.39 is 0 Å². The first-order valence-electron chi connectivity index (χ1n) is 8.21. The van der Waals surface area contributed by atoms with Crippen LogP contribution in [0.4, 0.5) is 0 Å². The van der Waals surface area contributed by atoms with Crippen LogP contribution in [0.25, 0.3) is 0 Å². The molecule has 2 nitrogen and oxygen atoms in total. The summed E-state index contributed by atoms with van der Waals surface area (Å²) in [5.74, 6) is 2.35. The third kappa shape index (κ3) is 2.85. The summed E-state index contributed by atoms with van der Waals surface area (Å²) in [4.78, 5) is 0. The number of hydrogen-bond donors (Lipinski definition) is 1. The third-order valence-electron chi connectivity index (χ3n) is 5.09. The molecule has 1 N–H and O–H groups in total. The van der Waals surface area contributed by atoms with Crippen LogP contribution >= 0.6 is 0 Å². The van der Waals surface area contributed by atoms with Gasteiger partial charge >= 0.3 is 0 Å². The average Bonchev–Trinajstić information content (AvgIpc) is 2.95. The summed E-state index contributed by atoms with van der Waals surface area (Å²) in [6, 6.07) is 6.24. The molecule has 1 saturated carbocycles. The molecular formula is C18H26O2. The van der Waals surface area contributed by atoms with Crippen LogP contribution in [0.3, 0.4) is 0 Å². The zero-order valence-electron chi connectivity index (χ0n) is 12.5. The van der Waals surface area contributed by atoms with E-state index in [1.165, 1.54) is 44.1 Å². The molecule has 0 bridgehead atoms. The lowest BCUT2D eigenvalue weighted by atomic mass is 9.76. The number of benzene rings is 1. The number of aliphatic hydroxyl groups is 1. The number of ether oxygens (including phenoxy) is 1. The van der Waals surface area contributed by atoms with Crippen molar-refractivity contribution in [2.24, 2.45) is 11.8 Å². The van der Waals surface area contributed by atoms with Crippen LogP contribution in [0.5, 0.6) is 5.75 Å². The molecule has 1 fully saturated rings. The van der Waals surface area contributed by atoms with E-state index in [0.29, 0.717) is 5.92 Å². The Morgan fingerprint density at radius 1 is 1.25 bits per heavy atom. The Hall–Kier alpha value is -1.02. The topological polar surface area (TPSA) is 29.5 Å². The van der Waals surface area contributed by atoms with Gasteiger partial charge in [0.05, 0.1) is 12.7 Å². The Balaban J connectivity index is 1.63. The van der Waals surface area contributed by atoms with Crippen LogP contribution in [0.2, 0.25) is 0 Å². The van der Waals surface area contributed by atoms with Crippen molar-refractivity contribution >= 4 is 0 Å². The van der Waals surface area contributed by atoms with Gasteiger partial charge in [-0.1, -0.05) is 38.7 Å². The van der Waals surface area contributed by atoms with Gasteiger partial charge in [-0.15, -0.1) is 0 Å². The van der Waals surface area contributed by atoms with Crippen molar-refractivity contribution in [2.45, 2.75) is 58.0 Å². The highest BCUT2D eigenvalue weighted by atomic mass is 16.5. The molecule has 110 valence electrons. The highest BCUT2D eigenvalue weighted by Crippen LogP contribution is 2.39. The van der Waals surface area contributed by atoms with Crippen LogP contribution in [0, 0.1) is 11.8 Å². The van der Waals surface area contributed by atoms with Gasteiger partial charge in [0.25, 0.3) is 0 Å². The number of rotatable bonds is 4.